The van der Waals surface area contributed by atoms with Crippen molar-refractivity contribution >= 4 is 6.03 Å². The molecule has 0 aromatic heterocycles. The van der Waals surface area contributed by atoms with Crippen LogP contribution in [0.3, 0.4) is 0 Å². The molecule has 2 aliphatic rings. The van der Waals surface area contributed by atoms with E-state index in [9.17, 15) is 9.18 Å². The topological polar surface area (TPSA) is 65.0 Å². The van der Waals surface area contributed by atoms with Gasteiger partial charge < -0.3 is 10.2 Å². The SMILES string of the molecule is CCCC.CNC(=O)N1CCC2(CC1)CN(CCC(C)C)C2c1ccc(F)cc1.COO.[HH].[HH]. The van der Waals surface area contributed by atoms with Crippen molar-refractivity contribution < 1.29 is 22.2 Å². The molecule has 2 aliphatic heterocycles. The van der Waals surface area contributed by atoms with Crippen molar-refractivity contribution in [3.63, 3.8) is 0 Å². The number of hydrogen-bond donors (Lipinski definition) is 2. The molecular weight excluding hydrogens is 409 g/mol. The highest BCUT2D eigenvalue weighted by atomic mass is 19.1. The second-order valence-electron chi connectivity index (χ2n) is 9.19. The van der Waals surface area contributed by atoms with E-state index in [0.29, 0.717) is 12.0 Å². The summed E-state index contributed by atoms with van der Waals surface area (Å²) in [5.74, 6) is 0.501. The number of amides is 2. The fourth-order valence-electron chi connectivity index (χ4n) is 4.44. The fraction of sp³-hybridized carbons (Fsp3) is 0.720. The summed E-state index contributed by atoms with van der Waals surface area (Å²) in [7, 11) is 2.87. The lowest BCUT2D eigenvalue weighted by atomic mass is 9.63. The van der Waals surface area contributed by atoms with Crippen molar-refractivity contribution in [2.75, 3.05) is 40.3 Å². The third kappa shape index (κ3) is 8.01. The van der Waals surface area contributed by atoms with Crippen molar-refractivity contribution in [3.8, 4) is 0 Å². The van der Waals surface area contributed by atoms with Crippen molar-refractivity contribution in [1.29, 1.82) is 0 Å². The summed E-state index contributed by atoms with van der Waals surface area (Å²) in [6, 6.07) is 7.38. The largest absolute Gasteiger partial charge is 0.341 e. The first-order chi connectivity index (χ1) is 15.3. The maximum absolute atomic E-state index is 13.4. The number of unbranched alkanes of at least 4 members (excludes halogenated alkanes) is 1. The average Bonchev–Trinajstić information content (AvgIpc) is 2.78. The first kappa shape index (κ1) is 28.3. The predicted octanol–water partition coefficient (Wildman–Crippen LogP) is 6.05. The second-order valence-corrected chi connectivity index (χ2v) is 9.19. The minimum Gasteiger partial charge on any atom is -0.341 e. The smallest absolute Gasteiger partial charge is 0.317 e. The minimum atomic E-state index is -0.180. The van der Waals surface area contributed by atoms with Gasteiger partial charge in [0.15, 0.2) is 0 Å². The zero-order valence-corrected chi connectivity index (χ0v) is 20.9. The van der Waals surface area contributed by atoms with Gasteiger partial charge in [0.25, 0.3) is 0 Å². The molecule has 3 rings (SSSR count). The molecule has 7 heteroatoms. The molecule has 6 nitrogen and oxygen atoms in total. The van der Waals surface area contributed by atoms with Crippen LogP contribution < -0.4 is 5.32 Å². The Morgan fingerprint density at radius 2 is 1.78 bits per heavy atom. The third-order valence-electron chi connectivity index (χ3n) is 6.40. The number of urea groups is 1. The zero-order valence-electron chi connectivity index (χ0n) is 20.9. The summed E-state index contributed by atoms with van der Waals surface area (Å²) in [6.07, 6.45) is 5.85. The Kier molecular flexibility index (Phi) is 12.8. The molecule has 0 aliphatic carbocycles. The number of nitrogens with zero attached hydrogens (tertiary/aromatic N) is 2. The van der Waals surface area contributed by atoms with Crippen LogP contribution in [0.2, 0.25) is 0 Å². The molecule has 2 amide bonds. The number of piperidine rings is 1. The highest BCUT2D eigenvalue weighted by Gasteiger charge is 2.53. The quantitative estimate of drug-likeness (QED) is 0.417. The van der Waals surface area contributed by atoms with E-state index in [4.69, 9.17) is 5.26 Å². The van der Waals surface area contributed by atoms with Crippen molar-refractivity contribution in [2.45, 2.75) is 65.8 Å². The standard InChI is InChI=1S/C20H30FN3O.C4H10.CH4O2.2H2/c1-15(2)8-11-24-14-20(9-12-23(13-10-20)19(25)22-3)18(24)16-4-6-17(21)7-5-16;1-3-4-2;1-3-2;;/h4-7,15,18H,8-14H2,1-3H3,(H,22,25);3-4H2,1-2H3;2H,1H3;2*1H. The normalized spacial score (nSPS) is 19.4. The number of hydrogen-bond acceptors (Lipinski definition) is 4. The average molecular weight is 458 g/mol. The van der Waals surface area contributed by atoms with E-state index in [0.717, 1.165) is 39.0 Å². The molecule has 1 aromatic rings. The molecule has 0 saturated carbocycles. The van der Waals surface area contributed by atoms with Gasteiger partial charge in [-0.25, -0.2) is 14.1 Å². The Morgan fingerprint density at radius 1 is 1.25 bits per heavy atom. The van der Waals surface area contributed by atoms with Gasteiger partial charge in [-0.1, -0.05) is 52.7 Å². The number of benzene rings is 1. The van der Waals surface area contributed by atoms with Crippen LogP contribution in [-0.2, 0) is 4.89 Å². The summed E-state index contributed by atoms with van der Waals surface area (Å²) in [5, 5.41) is 9.79. The molecule has 1 unspecified atom stereocenters. The molecule has 1 atom stereocenters. The van der Waals surface area contributed by atoms with E-state index >= 15 is 0 Å². The van der Waals surface area contributed by atoms with E-state index in [2.05, 4.69) is 42.8 Å². The summed E-state index contributed by atoms with van der Waals surface area (Å²) in [6.45, 7) is 12.6. The van der Waals surface area contributed by atoms with Crippen LogP contribution in [-0.4, -0.2) is 61.4 Å². The molecule has 32 heavy (non-hydrogen) atoms. The second kappa shape index (κ2) is 14.4. The lowest BCUT2D eigenvalue weighted by Crippen LogP contribution is -2.63. The highest BCUT2D eigenvalue weighted by Crippen LogP contribution is 2.55. The fourth-order valence-corrected chi connectivity index (χ4v) is 4.44. The van der Waals surface area contributed by atoms with Gasteiger partial charge in [-0.05, 0) is 49.4 Å². The molecule has 2 fully saturated rings. The number of rotatable bonds is 5. The van der Waals surface area contributed by atoms with E-state index in [1.165, 1.54) is 31.9 Å². The first-order valence-electron chi connectivity index (χ1n) is 11.9. The Bertz CT molecular complexity index is 655. The number of nitrogens with one attached hydrogen (secondary N) is 1. The molecule has 188 valence electrons. The Hall–Kier alpha value is -1.70. The first-order valence-corrected chi connectivity index (χ1v) is 11.9. The van der Waals surface area contributed by atoms with Gasteiger partial charge >= 0.3 is 6.03 Å². The van der Waals surface area contributed by atoms with Gasteiger partial charge in [-0.3, -0.25) is 10.2 Å². The molecular formula is C25H48FN3O3. The monoisotopic (exact) mass is 457 g/mol. The zero-order chi connectivity index (χ0) is 24.1. The summed E-state index contributed by atoms with van der Waals surface area (Å²) in [4.78, 5) is 19.6. The lowest BCUT2D eigenvalue weighted by molar-refractivity contribution is -0.214. The molecule has 0 bridgehead atoms. The van der Waals surface area contributed by atoms with Crippen molar-refractivity contribution in [3.05, 3.63) is 35.6 Å². The number of carbonyl (C=O) groups is 1. The summed E-state index contributed by atoms with van der Waals surface area (Å²) >= 11 is 0. The van der Waals surface area contributed by atoms with Crippen molar-refractivity contribution in [2.24, 2.45) is 11.3 Å². The molecule has 0 radical (unpaired) electrons. The molecule has 2 saturated heterocycles. The van der Waals surface area contributed by atoms with Crippen LogP contribution in [0.25, 0.3) is 0 Å². The van der Waals surface area contributed by atoms with Crippen LogP contribution >= 0.6 is 0 Å². The van der Waals surface area contributed by atoms with Gasteiger partial charge in [-0.2, -0.15) is 0 Å². The van der Waals surface area contributed by atoms with Crippen LogP contribution in [0, 0.1) is 17.2 Å². The molecule has 1 aromatic carbocycles. The van der Waals surface area contributed by atoms with Gasteiger partial charge in [0.2, 0.25) is 0 Å². The van der Waals surface area contributed by atoms with Crippen LogP contribution in [0.1, 0.15) is 74.3 Å². The minimum absolute atomic E-state index is 0. The van der Waals surface area contributed by atoms with Crippen LogP contribution in [0.5, 0.6) is 0 Å². The van der Waals surface area contributed by atoms with E-state index < -0.39 is 0 Å². The summed E-state index contributed by atoms with van der Waals surface area (Å²) < 4.78 is 13.4. The Balaban J connectivity index is 0. The lowest BCUT2D eigenvalue weighted by Gasteiger charge is -2.61. The van der Waals surface area contributed by atoms with Gasteiger partial charge in [0.05, 0.1) is 7.11 Å². The molecule has 2 heterocycles. The van der Waals surface area contributed by atoms with Gasteiger partial charge in [-0.15, -0.1) is 0 Å². The van der Waals surface area contributed by atoms with E-state index in [-0.39, 0.29) is 20.1 Å². The number of halogens is 1. The molecule has 2 N–H and O–H groups in total. The van der Waals surface area contributed by atoms with Crippen LogP contribution in [0.4, 0.5) is 9.18 Å². The van der Waals surface area contributed by atoms with Crippen LogP contribution in [0.15, 0.2) is 24.3 Å². The number of likely N-dealkylation sites (tertiary alicyclic amines) is 2. The van der Waals surface area contributed by atoms with E-state index in [1.54, 1.807) is 19.2 Å². The third-order valence-corrected chi connectivity index (χ3v) is 6.40. The Morgan fingerprint density at radius 3 is 2.22 bits per heavy atom. The Labute approximate surface area is 197 Å². The predicted molar refractivity (Wildman–Crippen MR) is 132 cm³/mol. The number of carbonyl (C=O) groups excluding carboxylic acids is 1. The maximum Gasteiger partial charge on any atom is 0.317 e. The van der Waals surface area contributed by atoms with Crippen molar-refractivity contribution in [1.82, 2.24) is 15.1 Å². The maximum atomic E-state index is 13.4. The van der Waals surface area contributed by atoms with E-state index in [1.807, 2.05) is 17.0 Å². The molecule has 1 spiro atoms. The van der Waals surface area contributed by atoms with Gasteiger partial charge in [0, 0.05) is 41.0 Å². The van der Waals surface area contributed by atoms with Gasteiger partial charge in [0.1, 0.15) is 5.82 Å². The highest BCUT2D eigenvalue weighted by molar-refractivity contribution is 5.73. The summed E-state index contributed by atoms with van der Waals surface area (Å²) in [5.41, 5.74) is 1.43.